The number of unbranched alkanes of at least 4 members (excludes halogenated alkanes) is 4. The molecule has 1 saturated carbocycles. The number of rotatable bonds is 17. The van der Waals surface area contributed by atoms with E-state index >= 15 is 0 Å². The normalized spacial score (nSPS) is 26.5. The van der Waals surface area contributed by atoms with Crippen molar-refractivity contribution in [3.05, 3.63) is 12.2 Å². The zero-order valence-corrected chi connectivity index (χ0v) is 25.6. The first-order valence-electron chi connectivity index (χ1n) is 14.8. The van der Waals surface area contributed by atoms with Crippen LogP contribution in [-0.2, 0) is 28.2 Å². The van der Waals surface area contributed by atoms with Gasteiger partial charge in [0.1, 0.15) is 5.60 Å². The number of hydrogen-bond acceptors (Lipinski definition) is 6. The van der Waals surface area contributed by atoms with Gasteiger partial charge in [0.05, 0.1) is 12.7 Å². The number of carbonyl (C=O) groups excluding carboxylic acids is 2. The van der Waals surface area contributed by atoms with Crippen LogP contribution in [0.25, 0.3) is 0 Å². The first kappa shape index (κ1) is 32.2. The third-order valence-corrected chi connectivity index (χ3v) is 8.71. The molecule has 0 spiro atoms. The van der Waals surface area contributed by atoms with Crippen LogP contribution >= 0.6 is 0 Å². The fourth-order valence-electron chi connectivity index (χ4n) is 5.75. The van der Waals surface area contributed by atoms with E-state index in [1.54, 1.807) is 0 Å². The van der Waals surface area contributed by atoms with Crippen molar-refractivity contribution < 1.29 is 28.2 Å². The molecule has 6 nitrogen and oxygen atoms in total. The van der Waals surface area contributed by atoms with E-state index in [-0.39, 0.29) is 29.6 Å². The van der Waals surface area contributed by atoms with E-state index in [1.807, 2.05) is 0 Å². The fraction of sp³-hybridized carbons (Fsp3) is 0.867. The second kappa shape index (κ2) is 15.5. The summed E-state index contributed by atoms with van der Waals surface area (Å²) in [4.78, 5) is 25.1. The predicted octanol–water partition coefficient (Wildman–Crippen LogP) is 7.51. The van der Waals surface area contributed by atoms with Gasteiger partial charge in [-0.05, 0) is 84.4 Å². The van der Waals surface area contributed by atoms with E-state index in [0.29, 0.717) is 13.0 Å². The second-order valence-electron chi connectivity index (χ2n) is 12.3. The van der Waals surface area contributed by atoms with Crippen LogP contribution in [0.3, 0.4) is 0 Å². The number of hydrogen-bond donors (Lipinski definition) is 0. The zero-order chi connectivity index (χ0) is 27.4. The van der Waals surface area contributed by atoms with Crippen LogP contribution in [0.15, 0.2) is 12.2 Å². The number of ketones is 1. The van der Waals surface area contributed by atoms with Gasteiger partial charge < -0.3 is 18.6 Å². The van der Waals surface area contributed by atoms with E-state index in [2.05, 4.69) is 45.6 Å². The quantitative estimate of drug-likeness (QED) is 0.0826. The smallest absolute Gasteiger partial charge is 0.305 e. The summed E-state index contributed by atoms with van der Waals surface area (Å²) in [6.45, 7) is 11.9. The maximum absolute atomic E-state index is 13.8. The maximum Gasteiger partial charge on any atom is 0.305 e. The molecule has 1 unspecified atom stereocenters. The molecule has 7 heteroatoms. The largest absolute Gasteiger partial charge is 0.469 e. The number of methoxy groups -OCH3 is 1. The van der Waals surface area contributed by atoms with Crippen molar-refractivity contribution in [2.75, 3.05) is 13.7 Å². The maximum atomic E-state index is 13.8. The molecule has 0 bridgehead atoms. The average molecular weight is 539 g/mol. The Kier molecular flexibility index (Phi) is 13.5. The topological polar surface area (TPSA) is 71.1 Å². The Labute approximate surface area is 227 Å². The lowest BCUT2D eigenvalue weighted by Gasteiger charge is -2.36. The van der Waals surface area contributed by atoms with Gasteiger partial charge in [-0.2, -0.15) is 0 Å². The predicted molar refractivity (Wildman–Crippen MR) is 151 cm³/mol. The van der Waals surface area contributed by atoms with Gasteiger partial charge in [-0.1, -0.05) is 51.2 Å². The van der Waals surface area contributed by atoms with E-state index in [1.165, 1.54) is 7.11 Å². The minimum Gasteiger partial charge on any atom is -0.469 e. The Hall–Kier alpha value is -1.02. The Morgan fingerprint density at radius 1 is 1.14 bits per heavy atom. The van der Waals surface area contributed by atoms with Crippen LogP contribution in [0.4, 0.5) is 0 Å². The summed E-state index contributed by atoms with van der Waals surface area (Å²) < 4.78 is 23.7. The van der Waals surface area contributed by atoms with Gasteiger partial charge in [-0.3, -0.25) is 9.59 Å². The Morgan fingerprint density at radius 3 is 2.54 bits per heavy atom. The van der Waals surface area contributed by atoms with Gasteiger partial charge in [-0.15, -0.1) is 0 Å². The summed E-state index contributed by atoms with van der Waals surface area (Å²) in [5, 5.41) is 0. The summed E-state index contributed by atoms with van der Waals surface area (Å²) in [5.41, 5.74) is -0.925. The molecule has 0 radical (unpaired) electrons. The lowest BCUT2D eigenvalue weighted by Crippen LogP contribution is -2.43. The zero-order valence-electron chi connectivity index (χ0n) is 24.6. The molecular formula is C30H54O6Si. The highest BCUT2D eigenvalue weighted by atomic mass is 28.4. The van der Waals surface area contributed by atoms with Crippen molar-refractivity contribution in [2.45, 2.75) is 147 Å². The van der Waals surface area contributed by atoms with E-state index in [4.69, 9.17) is 18.6 Å². The van der Waals surface area contributed by atoms with Crippen molar-refractivity contribution in [1.29, 1.82) is 0 Å². The third kappa shape index (κ3) is 11.3. The Bertz CT molecular complexity index is 726. The average Bonchev–Trinajstić information content (AvgIpc) is 3.14. The number of allylic oxidation sites excluding steroid dienone is 1. The van der Waals surface area contributed by atoms with Crippen molar-refractivity contribution in [3.63, 3.8) is 0 Å². The van der Waals surface area contributed by atoms with Crippen LogP contribution in [0.2, 0.25) is 19.6 Å². The number of Topliss-reactive ketones (excluding diaryl/α,β-unsaturated/α-hetero) is 1. The molecule has 0 aromatic heterocycles. The van der Waals surface area contributed by atoms with Gasteiger partial charge in [0, 0.05) is 18.9 Å². The number of carbonyl (C=O) groups is 2. The van der Waals surface area contributed by atoms with Gasteiger partial charge in [0.15, 0.2) is 20.4 Å². The van der Waals surface area contributed by atoms with E-state index < -0.39 is 13.9 Å². The van der Waals surface area contributed by atoms with Gasteiger partial charge in [-0.25, -0.2) is 0 Å². The number of ether oxygens (including phenoxy) is 3. The van der Waals surface area contributed by atoms with Gasteiger partial charge in [0.25, 0.3) is 0 Å². The molecule has 0 N–H and O–H groups in total. The molecule has 1 aliphatic heterocycles. The number of esters is 1. The first-order valence-corrected chi connectivity index (χ1v) is 18.2. The molecule has 1 saturated heterocycles. The lowest BCUT2D eigenvalue weighted by atomic mass is 9.90. The van der Waals surface area contributed by atoms with Gasteiger partial charge in [0.2, 0.25) is 0 Å². The molecule has 0 amide bonds. The van der Waals surface area contributed by atoms with E-state index in [9.17, 15) is 9.59 Å². The summed E-state index contributed by atoms with van der Waals surface area (Å²) in [7, 11) is -0.251. The molecule has 0 aromatic rings. The van der Waals surface area contributed by atoms with Crippen LogP contribution in [-0.4, -0.2) is 51.3 Å². The van der Waals surface area contributed by atoms with Crippen molar-refractivity contribution in [1.82, 2.24) is 0 Å². The summed E-state index contributed by atoms with van der Waals surface area (Å²) >= 11 is 0. The first-order chi connectivity index (χ1) is 17.5. The van der Waals surface area contributed by atoms with Gasteiger partial charge >= 0.3 is 5.97 Å². The van der Waals surface area contributed by atoms with Crippen LogP contribution < -0.4 is 0 Å². The molecule has 1 aliphatic carbocycles. The molecule has 4 atom stereocenters. The minimum absolute atomic E-state index is 0.106. The molecule has 37 heavy (non-hydrogen) atoms. The Balaban J connectivity index is 2.01. The van der Waals surface area contributed by atoms with Crippen LogP contribution in [0.1, 0.15) is 110 Å². The molecule has 2 fully saturated rings. The van der Waals surface area contributed by atoms with Crippen molar-refractivity contribution >= 4 is 20.1 Å². The third-order valence-electron chi connectivity index (χ3n) is 7.61. The minimum atomic E-state index is -1.68. The molecule has 2 rings (SSSR count). The molecular weight excluding hydrogens is 484 g/mol. The van der Waals surface area contributed by atoms with Crippen LogP contribution in [0, 0.1) is 5.92 Å². The SMILES string of the molecule is CCCCC(C)(CC=C[C@H]1CC[C@@](CCCCCCC(=O)OC)(O[C@@H]2CCCCO2)C1=O)O[Si](C)(C)C. The molecule has 2 aliphatic rings. The molecule has 214 valence electrons. The summed E-state index contributed by atoms with van der Waals surface area (Å²) in [5.74, 6) is -0.0463. The Morgan fingerprint density at radius 2 is 1.89 bits per heavy atom. The van der Waals surface area contributed by atoms with Crippen LogP contribution in [0.5, 0.6) is 0 Å². The lowest BCUT2D eigenvalue weighted by molar-refractivity contribution is -0.222. The summed E-state index contributed by atoms with van der Waals surface area (Å²) in [6, 6.07) is 0. The van der Waals surface area contributed by atoms with E-state index in [0.717, 1.165) is 89.9 Å². The standard InChI is InChI=1S/C30H54O6Si/c1-7-8-20-29(2,36-37(4,5)6)21-15-16-25-19-23-30(28(25)32,35-27-18-12-14-24-34-27)22-13-10-9-11-17-26(31)33-3/h15-16,25,27H,7-14,17-24H2,1-6H3/t25-,27+,29?,30+/m0/s1. The van der Waals surface area contributed by atoms with Crippen molar-refractivity contribution in [2.24, 2.45) is 5.92 Å². The highest BCUT2D eigenvalue weighted by molar-refractivity contribution is 6.69. The summed E-state index contributed by atoms with van der Waals surface area (Å²) in [6.07, 6.45) is 17.6. The monoisotopic (exact) mass is 538 g/mol. The second-order valence-corrected chi connectivity index (χ2v) is 16.7. The molecule has 0 aromatic carbocycles. The highest BCUT2D eigenvalue weighted by Crippen LogP contribution is 2.41. The fourth-order valence-corrected chi connectivity index (χ4v) is 7.41. The highest BCUT2D eigenvalue weighted by Gasteiger charge is 2.49. The van der Waals surface area contributed by atoms with Crippen molar-refractivity contribution in [3.8, 4) is 0 Å². The molecule has 1 heterocycles.